The van der Waals surface area contributed by atoms with Gasteiger partial charge in [-0.15, -0.1) is 0 Å². The van der Waals surface area contributed by atoms with Crippen molar-refractivity contribution in [1.82, 2.24) is 9.80 Å². The molecule has 4 nitrogen and oxygen atoms in total. The summed E-state index contributed by atoms with van der Waals surface area (Å²) in [5, 5.41) is 0. The molecule has 5 heteroatoms. The molecule has 2 heterocycles. The molecule has 0 radical (unpaired) electrons. The molecule has 21 heavy (non-hydrogen) atoms. The molecule has 2 aliphatic heterocycles. The van der Waals surface area contributed by atoms with E-state index >= 15 is 0 Å². The van der Waals surface area contributed by atoms with Crippen LogP contribution in [-0.4, -0.2) is 41.2 Å². The Morgan fingerprint density at radius 3 is 2.86 bits per heavy atom. The quantitative estimate of drug-likeness (QED) is 0.790. The monoisotopic (exact) mass is 290 g/mol. The highest BCUT2D eigenvalue weighted by Crippen LogP contribution is 2.34. The van der Waals surface area contributed by atoms with E-state index in [1.165, 1.54) is 6.07 Å². The molecular formula is C16H19FN2O2. The third-order valence-corrected chi connectivity index (χ3v) is 4.34. The lowest BCUT2D eigenvalue weighted by Gasteiger charge is -2.45. The minimum absolute atomic E-state index is 0.0217. The molecular weight excluding hydrogens is 271 g/mol. The first-order valence-corrected chi connectivity index (χ1v) is 7.34. The molecule has 0 N–H and O–H groups in total. The Labute approximate surface area is 123 Å². The lowest BCUT2D eigenvalue weighted by Crippen LogP contribution is -2.56. The van der Waals surface area contributed by atoms with E-state index < -0.39 is 0 Å². The number of piperazine rings is 1. The number of halogens is 1. The molecule has 0 saturated carbocycles. The molecule has 0 aromatic heterocycles. The Hall–Kier alpha value is -1.91. The predicted molar refractivity (Wildman–Crippen MR) is 76.0 cm³/mol. The fourth-order valence-corrected chi connectivity index (χ4v) is 3.26. The summed E-state index contributed by atoms with van der Waals surface area (Å²) in [7, 11) is 0. The minimum Gasteiger partial charge on any atom is -0.332 e. The lowest BCUT2D eigenvalue weighted by atomic mass is 9.90. The van der Waals surface area contributed by atoms with Gasteiger partial charge in [0.15, 0.2) is 0 Å². The summed E-state index contributed by atoms with van der Waals surface area (Å²) in [6, 6.07) is 4.78. The summed E-state index contributed by atoms with van der Waals surface area (Å²) in [6.07, 6.45) is 0.544. The van der Waals surface area contributed by atoms with Gasteiger partial charge in [0.25, 0.3) is 0 Å². The van der Waals surface area contributed by atoms with Gasteiger partial charge < -0.3 is 9.80 Å². The number of hydrogen-bond donors (Lipinski definition) is 0. The summed E-state index contributed by atoms with van der Waals surface area (Å²) < 4.78 is 13.9. The number of carbonyl (C=O) groups is 2. The van der Waals surface area contributed by atoms with Crippen molar-refractivity contribution >= 4 is 11.8 Å². The molecule has 0 aliphatic carbocycles. The maximum Gasteiger partial charge on any atom is 0.242 e. The summed E-state index contributed by atoms with van der Waals surface area (Å²) >= 11 is 0. The van der Waals surface area contributed by atoms with Gasteiger partial charge in [0.05, 0.1) is 12.6 Å². The first kappa shape index (κ1) is 14.0. The van der Waals surface area contributed by atoms with Gasteiger partial charge >= 0.3 is 0 Å². The number of carbonyl (C=O) groups excluding carboxylic acids is 2. The number of amides is 2. The highest BCUT2D eigenvalue weighted by Gasteiger charge is 2.39. The topological polar surface area (TPSA) is 40.6 Å². The van der Waals surface area contributed by atoms with Crippen molar-refractivity contribution in [3.63, 3.8) is 0 Å². The fourth-order valence-electron chi connectivity index (χ4n) is 3.26. The normalized spacial score (nSPS) is 21.3. The standard InChI is InChI=1S/C16H19FN2O2/c1-10(2)16(21)18-8-14-12-4-3-5-13(17)11(12)6-7-19(14)15(20)9-18/h3-5,10,14H,6-9H2,1-2H3. The number of hydrogen-bond acceptors (Lipinski definition) is 2. The van der Waals surface area contributed by atoms with Crippen molar-refractivity contribution in [3.05, 3.63) is 35.1 Å². The van der Waals surface area contributed by atoms with E-state index in [9.17, 15) is 14.0 Å². The van der Waals surface area contributed by atoms with E-state index in [1.807, 2.05) is 19.9 Å². The van der Waals surface area contributed by atoms with Crippen molar-refractivity contribution in [2.24, 2.45) is 5.92 Å². The summed E-state index contributed by atoms with van der Waals surface area (Å²) in [5.41, 5.74) is 1.53. The van der Waals surface area contributed by atoms with Crippen LogP contribution in [0.3, 0.4) is 0 Å². The number of benzene rings is 1. The summed E-state index contributed by atoms with van der Waals surface area (Å²) in [6.45, 7) is 4.78. The van der Waals surface area contributed by atoms with Crippen molar-refractivity contribution < 1.29 is 14.0 Å². The van der Waals surface area contributed by atoms with E-state index in [2.05, 4.69) is 0 Å². The summed E-state index contributed by atoms with van der Waals surface area (Å²) in [5.74, 6) is -0.423. The van der Waals surface area contributed by atoms with E-state index in [0.717, 1.165) is 5.56 Å². The molecule has 1 aromatic carbocycles. The van der Waals surface area contributed by atoms with Crippen molar-refractivity contribution in [3.8, 4) is 0 Å². The largest absolute Gasteiger partial charge is 0.332 e. The molecule has 2 amide bonds. The molecule has 2 aliphatic rings. The molecule has 1 atom stereocenters. The Morgan fingerprint density at radius 2 is 2.14 bits per heavy atom. The van der Waals surface area contributed by atoms with Crippen LogP contribution in [-0.2, 0) is 16.0 Å². The van der Waals surface area contributed by atoms with Crippen molar-refractivity contribution in [2.75, 3.05) is 19.6 Å². The van der Waals surface area contributed by atoms with E-state index in [0.29, 0.717) is 25.1 Å². The average molecular weight is 290 g/mol. The van der Waals surface area contributed by atoms with Crippen LogP contribution in [0.2, 0.25) is 0 Å². The van der Waals surface area contributed by atoms with Gasteiger partial charge in [0, 0.05) is 19.0 Å². The van der Waals surface area contributed by atoms with Gasteiger partial charge in [-0.2, -0.15) is 0 Å². The van der Waals surface area contributed by atoms with E-state index in [1.54, 1.807) is 15.9 Å². The van der Waals surface area contributed by atoms with Gasteiger partial charge in [-0.25, -0.2) is 4.39 Å². The molecule has 3 rings (SSSR count). The Bertz CT molecular complexity index is 600. The number of fused-ring (bicyclic) bond motifs is 3. The third-order valence-electron chi connectivity index (χ3n) is 4.34. The molecule has 0 spiro atoms. The van der Waals surface area contributed by atoms with Crippen LogP contribution in [0.25, 0.3) is 0 Å². The molecule has 1 aromatic rings. The van der Waals surface area contributed by atoms with E-state index in [4.69, 9.17) is 0 Å². The van der Waals surface area contributed by atoms with Crippen LogP contribution in [0.15, 0.2) is 18.2 Å². The maximum absolute atomic E-state index is 13.9. The van der Waals surface area contributed by atoms with Crippen LogP contribution in [0, 0.1) is 11.7 Å². The first-order chi connectivity index (χ1) is 9.99. The zero-order valence-corrected chi connectivity index (χ0v) is 12.3. The second kappa shape index (κ2) is 5.13. The zero-order chi connectivity index (χ0) is 15.1. The van der Waals surface area contributed by atoms with Crippen LogP contribution in [0.5, 0.6) is 0 Å². The van der Waals surface area contributed by atoms with Crippen molar-refractivity contribution in [2.45, 2.75) is 26.3 Å². The Balaban J connectivity index is 1.95. The summed E-state index contributed by atoms with van der Waals surface area (Å²) in [4.78, 5) is 27.9. The van der Waals surface area contributed by atoms with Gasteiger partial charge in [-0.1, -0.05) is 26.0 Å². The van der Waals surface area contributed by atoms with Crippen LogP contribution < -0.4 is 0 Å². The average Bonchev–Trinajstić information content (AvgIpc) is 2.46. The zero-order valence-electron chi connectivity index (χ0n) is 12.3. The lowest BCUT2D eigenvalue weighted by molar-refractivity contribution is -0.151. The predicted octanol–water partition coefficient (Wildman–Crippen LogP) is 1.75. The smallest absolute Gasteiger partial charge is 0.242 e. The molecule has 1 saturated heterocycles. The maximum atomic E-state index is 13.9. The van der Waals surface area contributed by atoms with Crippen LogP contribution in [0.1, 0.15) is 31.0 Å². The highest BCUT2D eigenvalue weighted by molar-refractivity contribution is 5.87. The Morgan fingerprint density at radius 1 is 1.38 bits per heavy atom. The molecule has 0 bridgehead atoms. The van der Waals surface area contributed by atoms with Crippen LogP contribution in [0.4, 0.5) is 4.39 Å². The van der Waals surface area contributed by atoms with Crippen LogP contribution >= 0.6 is 0 Å². The first-order valence-electron chi connectivity index (χ1n) is 7.34. The van der Waals surface area contributed by atoms with E-state index in [-0.39, 0.29) is 36.1 Å². The van der Waals surface area contributed by atoms with Crippen molar-refractivity contribution in [1.29, 1.82) is 0 Å². The number of rotatable bonds is 1. The highest BCUT2D eigenvalue weighted by atomic mass is 19.1. The molecule has 112 valence electrons. The van der Waals surface area contributed by atoms with Gasteiger partial charge in [-0.3, -0.25) is 9.59 Å². The fraction of sp³-hybridized carbons (Fsp3) is 0.500. The molecule has 1 unspecified atom stereocenters. The second-order valence-electron chi connectivity index (χ2n) is 6.03. The molecule has 1 fully saturated rings. The van der Waals surface area contributed by atoms with Gasteiger partial charge in [0.1, 0.15) is 5.82 Å². The minimum atomic E-state index is -0.216. The van der Waals surface area contributed by atoms with Gasteiger partial charge in [0.2, 0.25) is 11.8 Å². The third kappa shape index (κ3) is 2.30. The SMILES string of the molecule is CC(C)C(=O)N1CC(=O)N2CCc3c(F)cccc3C2C1. The Kier molecular flexibility index (Phi) is 3.43. The number of nitrogens with zero attached hydrogens (tertiary/aromatic N) is 2. The van der Waals surface area contributed by atoms with Gasteiger partial charge in [-0.05, 0) is 23.6 Å². The second-order valence-corrected chi connectivity index (χ2v) is 6.03.